The van der Waals surface area contributed by atoms with Crippen molar-refractivity contribution in [3.8, 4) is 5.82 Å². The fourth-order valence-corrected chi connectivity index (χ4v) is 5.04. The van der Waals surface area contributed by atoms with E-state index in [0.29, 0.717) is 10.8 Å². The van der Waals surface area contributed by atoms with Crippen LogP contribution in [0, 0.1) is 26.6 Å². The Morgan fingerprint density at radius 3 is 2.42 bits per heavy atom. The molecular weight excluding hydrogens is 433 g/mol. The van der Waals surface area contributed by atoms with E-state index in [2.05, 4.69) is 52.8 Å². The van der Waals surface area contributed by atoms with E-state index in [-0.39, 0.29) is 17.9 Å². The number of rotatable bonds is 4. The smallest absolute Gasteiger partial charge is 0.174 e. The summed E-state index contributed by atoms with van der Waals surface area (Å²) in [7, 11) is 0. The monoisotopic (exact) mass is 457 g/mol. The van der Waals surface area contributed by atoms with Crippen LogP contribution in [-0.2, 0) is 0 Å². The minimum Gasteiger partial charge on any atom is -0.351 e. The molecule has 2 unspecified atom stereocenters. The van der Waals surface area contributed by atoms with Gasteiger partial charge < -0.3 is 14.8 Å². The van der Waals surface area contributed by atoms with E-state index >= 15 is 0 Å². The molecule has 2 atom stereocenters. The van der Waals surface area contributed by atoms with E-state index in [1.54, 1.807) is 24.5 Å². The van der Waals surface area contributed by atoms with E-state index in [9.17, 15) is 4.39 Å². The van der Waals surface area contributed by atoms with Gasteiger partial charge in [-0.3, -0.25) is 4.98 Å². The van der Waals surface area contributed by atoms with Crippen molar-refractivity contribution < 1.29 is 4.39 Å². The van der Waals surface area contributed by atoms with Gasteiger partial charge in [0.15, 0.2) is 5.11 Å². The molecule has 1 aromatic carbocycles. The number of pyridine rings is 2. The quantitative estimate of drug-likeness (QED) is 0.410. The van der Waals surface area contributed by atoms with Crippen molar-refractivity contribution in [1.82, 2.24) is 19.9 Å². The second-order valence-corrected chi connectivity index (χ2v) is 8.64. The number of aromatic nitrogens is 3. The average Bonchev–Trinajstić information content (AvgIpc) is 3.30. The first kappa shape index (κ1) is 21.3. The van der Waals surface area contributed by atoms with Gasteiger partial charge in [-0.1, -0.05) is 24.3 Å². The SMILES string of the molecule is Cc1cccnc1-n1c(C)cc(C2C(c3ccccn3)NC(=S)N2c2ccccc2F)c1C. The Labute approximate surface area is 197 Å². The van der Waals surface area contributed by atoms with E-state index in [0.717, 1.165) is 34.0 Å². The number of benzene rings is 1. The molecule has 1 N–H and O–H groups in total. The Balaban J connectivity index is 1.71. The van der Waals surface area contributed by atoms with E-state index in [1.165, 1.54) is 6.07 Å². The number of hydrogen-bond donors (Lipinski definition) is 1. The van der Waals surface area contributed by atoms with Gasteiger partial charge in [-0.2, -0.15) is 0 Å². The van der Waals surface area contributed by atoms with Crippen molar-refractivity contribution in [3.05, 3.63) is 107 Å². The van der Waals surface area contributed by atoms with Crippen molar-refractivity contribution in [1.29, 1.82) is 0 Å². The largest absolute Gasteiger partial charge is 0.351 e. The van der Waals surface area contributed by atoms with Crippen molar-refractivity contribution >= 4 is 23.0 Å². The molecule has 33 heavy (non-hydrogen) atoms. The summed E-state index contributed by atoms with van der Waals surface area (Å²) in [5, 5.41) is 3.88. The number of para-hydroxylation sites is 1. The first-order valence-corrected chi connectivity index (χ1v) is 11.2. The molecule has 5 nitrogen and oxygen atoms in total. The Kier molecular flexibility index (Phi) is 5.42. The zero-order chi connectivity index (χ0) is 23.1. The first-order chi connectivity index (χ1) is 16.0. The fourth-order valence-electron chi connectivity index (χ4n) is 4.70. The molecule has 1 fully saturated rings. The topological polar surface area (TPSA) is 46.0 Å². The molecule has 5 rings (SSSR count). The third kappa shape index (κ3) is 3.58. The maximum Gasteiger partial charge on any atom is 0.174 e. The highest BCUT2D eigenvalue weighted by molar-refractivity contribution is 7.80. The summed E-state index contributed by atoms with van der Waals surface area (Å²) in [6.45, 7) is 6.19. The first-order valence-electron chi connectivity index (χ1n) is 10.8. The lowest BCUT2D eigenvalue weighted by Crippen LogP contribution is -2.30. The molecule has 3 aromatic heterocycles. The molecule has 166 valence electrons. The number of hydrogen-bond acceptors (Lipinski definition) is 3. The van der Waals surface area contributed by atoms with Gasteiger partial charge in [-0.25, -0.2) is 9.37 Å². The third-order valence-electron chi connectivity index (χ3n) is 6.19. The summed E-state index contributed by atoms with van der Waals surface area (Å²) >= 11 is 5.73. The van der Waals surface area contributed by atoms with Gasteiger partial charge in [0, 0.05) is 23.8 Å². The van der Waals surface area contributed by atoms with Crippen LogP contribution >= 0.6 is 12.2 Å². The highest BCUT2D eigenvalue weighted by Crippen LogP contribution is 2.44. The zero-order valence-electron chi connectivity index (χ0n) is 18.7. The number of anilines is 1. The van der Waals surface area contributed by atoms with Crippen LogP contribution in [0.2, 0.25) is 0 Å². The van der Waals surface area contributed by atoms with Crippen molar-refractivity contribution in [2.24, 2.45) is 0 Å². The van der Waals surface area contributed by atoms with Gasteiger partial charge in [0.25, 0.3) is 0 Å². The molecule has 4 heterocycles. The molecule has 0 radical (unpaired) electrons. The van der Waals surface area contributed by atoms with Crippen molar-refractivity contribution in [2.45, 2.75) is 32.9 Å². The normalized spacial score (nSPS) is 17.9. The Morgan fingerprint density at radius 2 is 1.70 bits per heavy atom. The lowest BCUT2D eigenvalue weighted by atomic mass is 9.96. The van der Waals surface area contributed by atoms with Gasteiger partial charge in [-0.05, 0) is 80.5 Å². The Hall–Kier alpha value is -3.58. The van der Waals surface area contributed by atoms with Crippen molar-refractivity contribution in [2.75, 3.05) is 4.90 Å². The van der Waals surface area contributed by atoms with Crippen LogP contribution in [0.15, 0.2) is 73.1 Å². The molecule has 0 saturated carbocycles. The summed E-state index contributed by atoms with van der Waals surface area (Å²) < 4.78 is 17.1. The summed E-state index contributed by atoms with van der Waals surface area (Å²) in [6.07, 6.45) is 3.57. The summed E-state index contributed by atoms with van der Waals surface area (Å²) in [4.78, 5) is 11.1. The Morgan fingerprint density at radius 1 is 0.939 bits per heavy atom. The molecule has 0 spiro atoms. The molecule has 0 amide bonds. The van der Waals surface area contributed by atoms with Gasteiger partial charge in [0.05, 0.1) is 23.5 Å². The van der Waals surface area contributed by atoms with E-state index < -0.39 is 0 Å². The zero-order valence-corrected chi connectivity index (χ0v) is 19.5. The maximum atomic E-state index is 15.0. The second kappa shape index (κ2) is 8.41. The summed E-state index contributed by atoms with van der Waals surface area (Å²) in [5.41, 5.74) is 5.50. The molecule has 0 bridgehead atoms. The standard InChI is InChI=1S/C26H24FN5S/c1-16-9-8-14-29-25(16)31-17(2)15-19(18(31)3)24-23(21-11-6-7-13-28-21)30-26(33)32(24)22-12-5-4-10-20(22)27/h4-15,23-24H,1-3H3,(H,30,33). The Bertz CT molecular complexity index is 1330. The number of nitrogens with one attached hydrogen (secondary N) is 1. The van der Waals surface area contributed by atoms with Crippen LogP contribution in [0.4, 0.5) is 10.1 Å². The average molecular weight is 458 g/mol. The lowest BCUT2D eigenvalue weighted by Gasteiger charge is -2.28. The number of thiocarbonyl (C=S) groups is 1. The number of nitrogens with zero attached hydrogens (tertiary/aromatic N) is 4. The van der Waals surface area contributed by atoms with Crippen molar-refractivity contribution in [3.63, 3.8) is 0 Å². The van der Waals surface area contributed by atoms with Gasteiger partial charge in [0.2, 0.25) is 0 Å². The van der Waals surface area contributed by atoms with Crippen LogP contribution in [-0.4, -0.2) is 19.6 Å². The summed E-state index contributed by atoms with van der Waals surface area (Å²) in [5.74, 6) is 0.571. The highest BCUT2D eigenvalue weighted by Gasteiger charge is 2.43. The maximum absolute atomic E-state index is 15.0. The molecule has 1 aliphatic rings. The second-order valence-electron chi connectivity index (χ2n) is 8.25. The minimum absolute atomic E-state index is 0.239. The van der Waals surface area contributed by atoms with Gasteiger partial charge >= 0.3 is 0 Å². The molecule has 0 aliphatic carbocycles. The number of halogens is 1. The number of aryl methyl sites for hydroxylation is 2. The highest BCUT2D eigenvalue weighted by atomic mass is 32.1. The van der Waals surface area contributed by atoms with Crippen LogP contribution in [0.1, 0.15) is 40.3 Å². The predicted molar refractivity (Wildman–Crippen MR) is 132 cm³/mol. The van der Waals surface area contributed by atoms with Crippen LogP contribution in [0.3, 0.4) is 0 Å². The van der Waals surface area contributed by atoms with Crippen LogP contribution in [0.25, 0.3) is 5.82 Å². The third-order valence-corrected chi connectivity index (χ3v) is 6.51. The predicted octanol–water partition coefficient (Wildman–Crippen LogP) is 5.51. The fraction of sp³-hybridized carbons (Fsp3) is 0.192. The van der Waals surface area contributed by atoms with Gasteiger partial charge in [0.1, 0.15) is 11.6 Å². The summed E-state index contributed by atoms with van der Waals surface area (Å²) in [6, 6.07) is 18.2. The van der Waals surface area contributed by atoms with Gasteiger partial charge in [-0.15, -0.1) is 0 Å². The van der Waals surface area contributed by atoms with Crippen LogP contribution < -0.4 is 10.2 Å². The van der Waals surface area contributed by atoms with Crippen LogP contribution in [0.5, 0.6) is 0 Å². The van der Waals surface area contributed by atoms with E-state index in [4.69, 9.17) is 12.2 Å². The lowest BCUT2D eigenvalue weighted by molar-refractivity contribution is 0.556. The molecule has 7 heteroatoms. The minimum atomic E-state index is -0.317. The molecular formula is C26H24FN5S. The molecule has 1 saturated heterocycles. The van der Waals surface area contributed by atoms with E-state index in [1.807, 2.05) is 35.2 Å². The molecule has 4 aromatic rings. The molecule has 1 aliphatic heterocycles.